The molecule has 0 amide bonds. The van der Waals surface area contributed by atoms with Crippen molar-refractivity contribution in [3.63, 3.8) is 0 Å². The third-order valence-corrected chi connectivity index (χ3v) is 4.06. The van der Waals surface area contributed by atoms with Crippen LogP contribution in [-0.2, 0) is 20.5 Å². The van der Waals surface area contributed by atoms with Gasteiger partial charge in [-0.3, -0.25) is 0 Å². The Morgan fingerprint density at radius 3 is 2.53 bits per heavy atom. The van der Waals surface area contributed by atoms with Gasteiger partial charge in [0.1, 0.15) is 0 Å². The number of carbonyl (C=O) groups is 1. The second-order valence-electron chi connectivity index (χ2n) is 3.73. The summed E-state index contributed by atoms with van der Waals surface area (Å²) in [5.74, 6) is -0.612. The van der Waals surface area contributed by atoms with Gasteiger partial charge in [0.2, 0.25) is 10.0 Å². The number of sulfonamides is 1. The van der Waals surface area contributed by atoms with E-state index in [2.05, 4.69) is 4.74 Å². The summed E-state index contributed by atoms with van der Waals surface area (Å²) in [6.45, 7) is 0. The molecule has 0 spiro atoms. The molecule has 5 nitrogen and oxygen atoms in total. The predicted molar refractivity (Wildman–Crippen MR) is 64.1 cm³/mol. The summed E-state index contributed by atoms with van der Waals surface area (Å²) in [5.41, 5.74) is 0.903. The molecule has 0 aliphatic rings. The van der Waals surface area contributed by atoms with Crippen LogP contribution >= 0.6 is 0 Å². The highest BCUT2D eigenvalue weighted by atomic mass is 32.2. The minimum atomic E-state index is -3.32. The molecule has 0 aromatic heterocycles. The van der Waals surface area contributed by atoms with Crippen molar-refractivity contribution in [2.24, 2.45) is 0 Å². The van der Waals surface area contributed by atoms with E-state index in [4.69, 9.17) is 0 Å². The van der Waals surface area contributed by atoms with Crippen molar-refractivity contribution >= 4 is 16.0 Å². The summed E-state index contributed by atoms with van der Waals surface area (Å²) in [4.78, 5) is 11.3. The van der Waals surface area contributed by atoms with Gasteiger partial charge in [0.15, 0.2) is 0 Å². The summed E-state index contributed by atoms with van der Waals surface area (Å²) in [6.07, 6.45) is 0. The Bertz CT molecular complexity index is 508. The second-order valence-corrected chi connectivity index (χ2v) is 5.91. The highest BCUT2D eigenvalue weighted by Crippen LogP contribution is 2.11. The standard InChI is InChI=1S/C11H15NO4S/c1-12(2)17(14,15)8-9-5-4-6-10(7-9)11(13)16-3/h4-7H,8H2,1-3H3. The maximum absolute atomic E-state index is 11.7. The number of carbonyl (C=O) groups excluding carboxylic acids is 1. The number of benzene rings is 1. The first-order valence-corrected chi connectivity index (χ1v) is 6.55. The zero-order chi connectivity index (χ0) is 13.1. The molecule has 1 aromatic rings. The maximum atomic E-state index is 11.7. The van der Waals surface area contributed by atoms with Crippen LogP contribution in [0.15, 0.2) is 24.3 Å². The van der Waals surface area contributed by atoms with Crippen molar-refractivity contribution in [2.75, 3.05) is 21.2 Å². The number of ether oxygens (including phenoxy) is 1. The van der Waals surface area contributed by atoms with Crippen molar-refractivity contribution in [3.05, 3.63) is 35.4 Å². The van der Waals surface area contributed by atoms with Gasteiger partial charge in [-0.2, -0.15) is 0 Å². The largest absolute Gasteiger partial charge is 0.465 e. The lowest BCUT2D eigenvalue weighted by Gasteiger charge is -2.11. The third-order valence-electron chi connectivity index (χ3n) is 2.25. The topological polar surface area (TPSA) is 63.7 Å². The highest BCUT2D eigenvalue weighted by molar-refractivity contribution is 7.88. The number of hydrogen-bond acceptors (Lipinski definition) is 4. The summed E-state index contributed by atoms with van der Waals surface area (Å²) >= 11 is 0. The Balaban J connectivity index is 2.98. The molecule has 0 bridgehead atoms. The molecule has 17 heavy (non-hydrogen) atoms. The summed E-state index contributed by atoms with van der Waals surface area (Å²) < 4.78 is 29.0. The molecule has 1 rings (SSSR count). The Hall–Kier alpha value is -1.40. The van der Waals surface area contributed by atoms with E-state index < -0.39 is 16.0 Å². The van der Waals surface area contributed by atoms with E-state index in [9.17, 15) is 13.2 Å². The fraction of sp³-hybridized carbons (Fsp3) is 0.364. The molecule has 0 unspecified atom stereocenters. The molecular formula is C11H15NO4S. The minimum absolute atomic E-state index is 0.134. The molecule has 0 aliphatic carbocycles. The van der Waals surface area contributed by atoms with Crippen LogP contribution in [0.4, 0.5) is 0 Å². The van der Waals surface area contributed by atoms with E-state index in [1.807, 2.05) is 0 Å². The zero-order valence-electron chi connectivity index (χ0n) is 10.0. The van der Waals surface area contributed by atoms with Crippen LogP contribution in [0.5, 0.6) is 0 Å². The molecule has 0 N–H and O–H groups in total. The Labute approximate surface area is 101 Å². The van der Waals surface area contributed by atoms with Crippen LogP contribution in [0.3, 0.4) is 0 Å². The van der Waals surface area contributed by atoms with Gasteiger partial charge in [0.25, 0.3) is 0 Å². The van der Waals surface area contributed by atoms with Crippen LogP contribution < -0.4 is 0 Å². The van der Waals surface area contributed by atoms with Crippen molar-refractivity contribution in [2.45, 2.75) is 5.75 Å². The molecule has 94 valence electrons. The number of rotatable bonds is 4. The van der Waals surface area contributed by atoms with Gasteiger partial charge in [-0.1, -0.05) is 12.1 Å². The molecule has 0 saturated heterocycles. The first-order valence-electron chi connectivity index (χ1n) is 4.94. The average Bonchev–Trinajstić information content (AvgIpc) is 2.27. The smallest absolute Gasteiger partial charge is 0.337 e. The van der Waals surface area contributed by atoms with Crippen LogP contribution in [0.25, 0.3) is 0 Å². The number of hydrogen-bond donors (Lipinski definition) is 0. The second kappa shape index (κ2) is 5.29. The van der Waals surface area contributed by atoms with E-state index in [1.165, 1.54) is 27.3 Å². The first-order chi connectivity index (χ1) is 7.86. The Kier molecular flexibility index (Phi) is 4.25. The fourth-order valence-corrected chi connectivity index (χ4v) is 2.10. The van der Waals surface area contributed by atoms with Crippen LogP contribution in [0, 0.1) is 0 Å². The van der Waals surface area contributed by atoms with E-state index in [-0.39, 0.29) is 5.75 Å². The third kappa shape index (κ3) is 3.54. The summed E-state index contributed by atoms with van der Waals surface area (Å²) in [6, 6.07) is 6.39. The lowest BCUT2D eigenvalue weighted by atomic mass is 10.1. The molecule has 1 aromatic carbocycles. The molecule has 0 saturated carbocycles. The van der Waals surface area contributed by atoms with E-state index in [0.717, 1.165) is 4.31 Å². The SMILES string of the molecule is COC(=O)c1cccc(CS(=O)(=O)N(C)C)c1. The van der Waals surface area contributed by atoms with Crippen LogP contribution in [0.1, 0.15) is 15.9 Å². The molecule has 0 radical (unpaired) electrons. The molecular weight excluding hydrogens is 242 g/mol. The normalized spacial score (nSPS) is 11.5. The summed E-state index contributed by atoms with van der Waals surface area (Å²) in [7, 11) is 0.908. The van der Waals surface area contributed by atoms with Gasteiger partial charge in [-0.05, 0) is 17.7 Å². The number of methoxy groups -OCH3 is 1. The van der Waals surface area contributed by atoms with Gasteiger partial charge < -0.3 is 4.74 Å². The van der Waals surface area contributed by atoms with Gasteiger partial charge in [0, 0.05) is 14.1 Å². The average molecular weight is 257 g/mol. The molecule has 0 heterocycles. The van der Waals surface area contributed by atoms with Crippen LogP contribution in [-0.4, -0.2) is 39.9 Å². The first kappa shape index (κ1) is 13.7. The van der Waals surface area contributed by atoms with Crippen molar-refractivity contribution < 1.29 is 17.9 Å². The molecule has 0 atom stereocenters. The van der Waals surface area contributed by atoms with Crippen molar-refractivity contribution in [3.8, 4) is 0 Å². The van der Waals surface area contributed by atoms with E-state index >= 15 is 0 Å². The zero-order valence-corrected chi connectivity index (χ0v) is 10.8. The van der Waals surface area contributed by atoms with Gasteiger partial charge in [-0.15, -0.1) is 0 Å². The van der Waals surface area contributed by atoms with Crippen molar-refractivity contribution in [1.29, 1.82) is 0 Å². The Morgan fingerprint density at radius 2 is 2.00 bits per heavy atom. The summed E-state index contributed by atoms with van der Waals surface area (Å²) in [5, 5.41) is 0. The predicted octanol–water partition coefficient (Wildman–Crippen LogP) is 0.865. The van der Waals surface area contributed by atoms with E-state index in [0.29, 0.717) is 11.1 Å². The molecule has 0 fully saturated rings. The van der Waals surface area contributed by atoms with E-state index in [1.54, 1.807) is 18.2 Å². The highest BCUT2D eigenvalue weighted by Gasteiger charge is 2.15. The minimum Gasteiger partial charge on any atom is -0.465 e. The number of nitrogens with zero attached hydrogens (tertiary/aromatic N) is 1. The van der Waals surface area contributed by atoms with Gasteiger partial charge >= 0.3 is 5.97 Å². The maximum Gasteiger partial charge on any atom is 0.337 e. The quantitative estimate of drug-likeness (QED) is 0.751. The molecule has 6 heteroatoms. The monoisotopic (exact) mass is 257 g/mol. The lowest BCUT2D eigenvalue weighted by Crippen LogP contribution is -2.23. The lowest BCUT2D eigenvalue weighted by molar-refractivity contribution is 0.0600. The number of esters is 1. The van der Waals surface area contributed by atoms with Gasteiger partial charge in [-0.25, -0.2) is 17.5 Å². The van der Waals surface area contributed by atoms with Crippen molar-refractivity contribution in [1.82, 2.24) is 4.31 Å². The molecule has 0 aliphatic heterocycles. The van der Waals surface area contributed by atoms with Gasteiger partial charge in [0.05, 0.1) is 18.4 Å². The fourth-order valence-electron chi connectivity index (χ4n) is 1.25. The van der Waals surface area contributed by atoms with Crippen LogP contribution in [0.2, 0.25) is 0 Å². The Morgan fingerprint density at radius 1 is 1.35 bits per heavy atom.